The van der Waals surface area contributed by atoms with Crippen molar-refractivity contribution in [2.75, 3.05) is 0 Å². The molecule has 0 aliphatic heterocycles. The van der Waals surface area contributed by atoms with Crippen molar-refractivity contribution in [3.63, 3.8) is 0 Å². The van der Waals surface area contributed by atoms with Crippen LogP contribution >= 0.6 is 11.3 Å². The summed E-state index contributed by atoms with van der Waals surface area (Å²) in [5, 5.41) is 4.91. The van der Waals surface area contributed by atoms with Crippen molar-refractivity contribution in [1.29, 1.82) is 0 Å². The smallest absolute Gasteiger partial charge is 0.160 e. The maximum absolute atomic E-state index is 5.34. The lowest BCUT2D eigenvalue weighted by Gasteiger charge is -2.12. The van der Waals surface area contributed by atoms with E-state index < -0.39 is 0 Å². The van der Waals surface area contributed by atoms with Crippen LogP contribution in [0.15, 0.2) is 176 Å². The van der Waals surface area contributed by atoms with Gasteiger partial charge in [-0.1, -0.05) is 121 Å². The van der Waals surface area contributed by atoms with Crippen LogP contribution in [0.4, 0.5) is 0 Å². The van der Waals surface area contributed by atoms with E-state index in [9.17, 15) is 0 Å². The second-order valence-corrected chi connectivity index (χ2v) is 13.7. The van der Waals surface area contributed by atoms with Gasteiger partial charge in [0.15, 0.2) is 5.82 Å². The van der Waals surface area contributed by atoms with Crippen LogP contribution in [0.5, 0.6) is 0 Å². The Morgan fingerprint density at radius 1 is 0.400 bits per heavy atom. The zero-order valence-corrected chi connectivity index (χ0v) is 27.8. The van der Waals surface area contributed by atoms with Crippen molar-refractivity contribution in [2.24, 2.45) is 0 Å². The molecule has 4 heteroatoms. The second-order valence-electron chi connectivity index (χ2n) is 12.6. The summed E-state index contributed by atoms with van der Waals surface area (Å²) in [6.45, 7) is 0. The van der Waals surface area contributed by atoms with Crippen LogP contribution in [0, 0.1) is 0 Å². The number of rotatable bonds is 5. The van der Waals surface area contributed by atoms with Gasteiger partial charge in [0, 0.05) is 53.3 Å². The number of nitrogens with zero attached hydrogens (tertiary/aromatic N) is 3. The normalized spacial score (nSPS) is 11.6. The van der Waals surface area contributed by atoms with Gasteiger partial charge in [0.05, 0.1) is 22.4 Å². The molecule has 3 aromatic heterocycles. The third kappa shape index (κ3) is 4.73. The Balaban J connectivity index is 1.21. The highest BCUT2D eigenvalue weighted by Gasteiger charge is 2.18. The highest BCUT2D eigenvalue weighted by molar-refractivity contribution is 7.26. The summed E-state index contributed by atoms with van der Waals surface area (Å²) in [7, 11) is 0. The van der Waals surface area contributed by atoms with Crippen molar-refractivity contribution < 1.29 is 0 Å². The van der Waals surface area contributed by atoms with Gasteiger partial charge in [-0.05, 0) is 65.7 Å². The van der Waals surface area contributed by atoms with E-state index in [0.29, 0.717) is 5.82 Å². The number of para-hydroxylation sites is 2. The molecule has 0 bridgehead atoms. The highest BCUT2D eigenvalue weighted by atomic mass is 32.1. The van der Waals surface area contributed by atoms with Crippen LogP contribution in [0.2, 0.25) is 0 Å². The first-order valence-electron chi connectivity index (χ1n) is 16.8. The zero-order chi connectivity index (χ0) is 33.0. The van der Waals surface area contributed by atoms with Crippen LogP contribution in [-0.2, 0) is 0 Å². The van der Waals surface area contributed by atoms with Crippen LogP contribution in [0.3, 0.4) is 0 Å². The lowest BCUT2D eigenvalue weighted by Crippen LogP contribution is -1.97. The summed E-state index contributed by atoms with van der Waals surface area (Å²) in [5.41, 5.74) is 10.8. The third-order valence-electron chi connectivity index (χ3n) is 9.62. The van der Waals surface area contributed by atoms with Crippen LogP contribution in [-0.4, -0.2) is 14.5 Å². The Labute approximate surface area is 293 Å². The van der Waals surface area contributed by atoms with Crippen LogP contribution in [0.25, 0.3) is 92.7 Å². The largest absolute Gasteiger partial charge is 0.309 e. The molecule has 0 amide bonds. The predicted molar refractivity (Wildman–Crippen MR) is 211 cm³/mol. The molecule has 0 saturated heterocycles. The minimum absolute atomic E-state index is 0.708. The van der Waals surface area contributed by atoms with Gasteiger partial charge in [-0.25, -0.2) is 9.97 Å². The van der Waals surface area contributed by atoms with E-state index in [0.717, 1.165) is 44.8 Å². The molecule has 0 unspecified atom stereocenters. The quantitative estimate of drug-likeness (QED) is 0.185. The molecule has 3 nitrogen and oxygen atoms in total. The SMILES string of the molecule is c1ccc(-c2cccc(-c3cc(-c4cccc5c4sc4ccccc45)nc(-c4ccc5c(c4)c4ccccc4n5-c4ccccc4)n3)c2)cc1. The van der Waals surface area contributed by atoms with Crippen LogP contribution in [0.1, 0.15) is 0 Å². The van der Waals surface area contributed by atoms with Crippen LogP contribution < -0.4 is 0 Å². The van der Waals surface area contributed by atoms with E-state index in [1.165, 1.54) is 42.0 Å². The number of hydrogen-bond acceptors (Lipinski definition) is 3. The van der Waals surface area contributed by atoms with Gasteiger partial charge in [0.25, 0.3) is 0 Å². The Bertz CT molecular complexity index is 2870. The monoisotopic (exact) mass is 655 g/mol. The Morgan fingerprint density at radius 3 is 1.94 bits per heavy atom. The van der Waals surface area contributed by atoms with Gasteiger partial charge >= 0.3 is 0 Å². The highest BCUT2D eigenvalue weighted by Crippen LogP contribution is 2.41. The van der Waals surface area contributed by atoms with E-state index in [-0.39, 0.29) is 0 Å². The maximum Gasteiger partial charge on any atom is 0.160 e. The summed E-state index contributed by atoms with van der Waals surface area (Å²) in [6, 6.07) is 62.4. The number of benzene rings is 7. The van der Waals surface area contributed by atoms with Gasteiger partial charge in [0.2, 0.25) is 0 Å². The molecule has 0 fully saturated rings. The fourth-order valence-electron chi connectivity index (χ4n) is 7.27. The van der Waals surface area contributed by atoms with Gasteiger partial charge < -0.3 is 4.57 Å². The summed E-state index contributed by atoms with van der Waals surface area (Å²) in [4.78, 5) is 10.6. The molecule has 3 heterocycles. The summed E-state index contributed by atoms with van der Waals surface area (Å²) < 4.78 is 4.86. The third-order valence-corrected chi connectivity index (χ3v) is 10.8. The van der Waals surface area contributed by atoms with E-state index in [4.69, 9.17) is 9.97 Å². The lowest BCUT2D eigenvalue weighted by molar-refractivity contribution is 1.17. The molecule has 10 aromatic rings. The van der Waals surface area contributed by atoms with Crippen molar-refractivity contribution in [2.45, 2.75) is 0 Å². The van der Waals surface area contributed by atoms with Crippen molar-refractivity contribution in [3.05, 3.63) is 176 Å². The summed E-state index contributed by atoms with van der Waals surface area (Å²) >= 11 is 1.83. The Hall–Kier alpha value is -6.36. The van der Waals surface area contributed by atoms with Gasteiger partial charge in [-0.15, -0.1) is 11.3 Å². The Morgan fingerprint density at radius 2 is 1.06 bits per heavy atom. The van der Waals surface area contributed by atoms with E-state index in [1.54, 1.807) is 0 Å². The molecule has 0 spiro atoms. The Kier molecular flexibility index (Phi) is 6.68. The molecule has 0 N–H and O–H groups in total. The van der Waals surface area contributed by atoms with Gasteiger partial charge in [-0.3, -0.25) is 0 Å². The van der Waals surface area contributed by atoms with Crippen molar-refractivity contribution in [1.82, 2.24) is 14.5 Å². The van der Waals surface area contributed by atoms with Gasteiger partial charge in [0.1, 0.15) is 0 Å². The van der Waals surface area contributed by atoms with E-state index in [2.05, 4.69) is 180 Å². The molecule has 234 valence electrons. The fourth-order valence-corrected chi connectivity index (χ4v) is 8.49. The molecular weight excluding hydrogens is 627 g/mol. The molecule has 50 heavy (non-hydrogen) atoms. The van der Waals surface area contributed by atoms with Crippen molar-refractivity contribution >= 4 is 53.3 Å². The minimum Gasteiger partial charge on any atom is -0.309 e. The first-order chi connectivity index (χ1) is 24.8. The number of fused-ring (bicyclic) bond motifs is 6. The first kappa shape index (κ1) is 28.6. The summed E-state index contributed by atoms with van der Waals surface area (Å²) in [6.07, 6.45) is 0. The maximum atomic E-state index is 5.34. The lowest BCUT2D eigenvalue weighted by atomic mass is 10.00. The number of aromatic nitrogens is 3. The molecule has 10 rings (SSSR count). The number of hydrogen-bond donors (Lipinski definition) is 0. The molecule has 7 aromatic carbocycles. The average Bonchev–Trinajstić information content (AvgIpc) is 3.74. The predicted octanol–water partition coefficient (Wildman–Crippen LogP) is 12.6. The molecule has 0 radical (unpaired) electrons. The second kappa shape index (κ2) is 11.7. The molecule has 0 aliphatic carbocycles. The number of thiophene rings is 1. The molecule has 0 aliphatic rings. The zero-order valence-electron chi connectivity index (χ0n) is 27.0. The molecule has 0 saturated carbocycles. The minimum atomic E-state index is 0.708. The molecule has 0 atom stereocenters. The van der Waals surface area contributed by atoms with E-state index in [1.807, 2.05) is 11.3 Å². The summed E-state index contributed by atoms with van der Waals surface area (Å²) in [5.74, 6) is 0.708. The fraction of sp³-hybridized carbons (Fsp3) is 0. The van der Waals surface area contributed by atoms with E-state index >= 15 is 0 Å². The molecular formula is C46H29N3S. The van der Waals surface area contributed by atoms with Crippen molar-refractivity contribution in [3.8, 4) is 50.7 Å². The average molecular weight is 656 g/mol. The topological polar surface area (TPSA) is 30.7 Å². The standard InChI is InChI=1S/C46H29N3S/c1-3-13-30(14-4-1)31-15-11-16-32(27-31)40-29-41(38-22-12-21-37-36-20-8-10-24-44(36)50-45(37)38)48-46(47-40)33-25-26-43-39(28-33)35-19-7-9-23-42(35)49(43)34-17-5-2-6-18-34/h1-29H. The van der Waals surface area contributed by atoms with Gasteiger partial charge in [-0.2, -0.15) is 0 Å². The first-order valence-corrected chi connectivity index (χ1v) is 17.6.